The van der Waals surface area contributed by atoms with E-state index >= 15 is 0 Å². The summed E-state index contributed by atoms with van der Waals surface area (Å²) < 4.78 is 7.76. The largest absolute Gasteiger partial charge is 0.394 e. The van der Waals surface area contributed by atoms with Crippen LogP contribution in [-0.4, -0.2) is 64.6 Å². The van der Waals surface area contributed by atoms with Crippen molar-refractivity contribution in [2.75, 3.05) is 6.61 Å². The van der Waals surface area contributed by atoms with Crippen LogP contribution in [0.3, 0.4) is 0 Å². The third-order valence-electron chi connectivity index (χ3n) is 4.56. The quantitative estimate of drug-likeness (QED) is 0.539. The molecule has 10 nitrogen and oxygen atoms in total. The Morgan fingerprint density at radius 3 is 2.48 bits per heavy atom. The lowest BCUT2D eigenvalue weighted by molar-refractivity contribution is -0.0527. The fourth-order valence-corrected chi connectivity index (χ4v) is 3.21. The molecular weight excluding hydrogens is 378 g/mol. The van der Waals surface area contributed by atoms with Crippen molar-refractivity contribution in [2.24, 2.45) is 7.05 Å². The van der Waals surface area contributed by atoms with Gasteiger partial charge in [0.2, 0.25) is 5.65 Å². The van der Waals surface area contributed by atoms with Gasteiger partial charge in [0.25, 0.3) is 0 Å². The van der Waals surface area contributed by atoms with E-state index in [1.165, 1.54) is 11.6 Å². The summed E-state index contributed by atoms with van der Waals surface area (Å²) in [5, 5.41) is 38.1. The number of aromatic nitrogens is 5. The minimum absolute atomic E-state index is 0.0926. The Labute approximate surface area is 157 Å². The third kappa shape index (κ3) is 2.82. The van der Waals surface area contributed by atoms with E-state index in [0.29, 0.717) is 16.4 Å². The highest BCUT2D eigenvalue weighted by Crippen LogP contribution is 2.30. The number of imidazole rings is 1. The van der Waals surface area contributed by atoms with Crippen LogP contribution in [-0.2, 0) is 11.8 Å². The van der Waals surface area contributed by atoms with Crippen molar-refractivity contribution in [3.8, 4) is 11.4 Å². The van der Waals surface area contributed by atoms with E-state index in [1.54, 1.807) is 24.3 Å². The molecule has 1 fully saturated rings. The smallest absolute Gasteiger partial charge is 0.333 e. The zero-order valence-electron chi connectivity index (χ0n) is 14.1. The molecule has 1 aromatic carbocycles. The molecule has 142 valence electrons. The summed E-state index contributed by atoms with van der Waals surface area (Å²) in [6.07, 6.45) is -4.98. The van der Waals surface area contributed by atoms with E-state index in [0.717, 1.165) is 4.57 Å². The lowest BCUT2D eigenvalue weighted by atomic mass is 10.1. The molecule has 1 aliphatic heterocycles. The molecule has 0 bridgehead atoms. The number of nitrogens with zero attached hydrogens (tertiary/aromatic N) is 5. The van der Waals surface area contributed by atoms with Crippen molar-refractivity contribution in [2.45, 2.75) is 24.5 Å². The summed E-state index contributed by atoms with van der Waals surface area (Å²) >= 11 is 5.88. The second kappa shape index (κ2) is 6.66. The van der Waals surface area contributed by atoms with Gasteiger partial charge in [-0.15, -0.1) is 10.2 Å². The molecule has 0 amide bonds. The summed E-state index contributed by atoms with van der Waals surface area (Å²) in [5.74, 6) is 0.299. The Morgan fingerprint density at radius 2 is 1.85 bits per heavy atom. The van der Waals surface area contributed by atoms with Crippen LogP contribution < -0.4 is 5.69 Å². The minimum atomic E-state index is -1.41. The summed E-state index contributed by atoms with van der Waals surface area (Å²) in [6, 6.07) is 6.83. The molecule has 0 aliphatic carbocycles. The normalized spacial score (nSPS) is 25.4. The van der Waals surface area contributed by atoms with Crippen molar-refractivity contribution in [1.82, 2.24) is 24.3 Å². The van der Waals surface area contributed by atoms with Crippen molar-refractivity contribution in [1.29, 1.82) is 0 Å². The van der Waals surface area contributed by atoms with E-state index in [1.807, 2.05) is 0 Å². The van der Waals surface area contributed by atoms with Crippen molar-refractivity contribution in [3.63, 3.8) is 0 Å². The van der Waals surface area contributed by atoms with Crippen LogP contribution in [0.4, 0.5) is 0 Å². The average molecular weight is 394 g/mol. The SMILES string of the molecule is Cn1c(=O)n([C@@H]2O[C@H](CO)[C@@H](O)[C@H]2O)c2nnc(-c3ccc(Cl)cc3)nc21. The molecule has 3 aromatic rings. The molecule has 0 spiro atoms. The predicted molar refractivity (Wildman–Crippen MR) is 94.0 cm³/mol. The van der Waals surface area contributed by atoms with Gasteiger partial charge in [-0.1, -0.05) is 11.6 Å². The Hall–Kier alpha value is -2.37. The van der Waals surface area contributed by atoms with E-state index < -0.39 is 36.8 Å². The van der Waals surface area contributed by atoms with Crippen LogP contribution in [0.5, 0.6) is 0 Å². The van der Waals surface area contributed by atoms with Crippen LogP contribution in [0.1, 0.15) is 6.23 Å². The zero-order chi connectivity index (χ0) is 19.3. The molecule has 27 heavy (non-hydrogen) atoms. The van der Waals surface area contributed by atoms with E-state index in [-0.39, 0.29) is 11.3 Å². The van der Waals surface area contributed by atoms with Crippen LogP contribution >= 0.6 is 11.6 Å². The Balaban J connectivity index is 1.83. The number of benzene rings is 1. The molecule has 11 heteroatoms. The van der Waals surface area contributed by atoms with Crippen molar-refractivity contribution in [3.05, 3.63) is 39.8 Å². The number of rotatable bonds is 3. The molecule has 4 atom stereocenters. The van der Waals surface area contributed by atoms with Crippen LogP contribution in [0.25, 0.3) is 22.7 Å². The van der Waals surface area contributed by atoms with Gasteiger partial charge >= 0.3 is 5.69 Å². The Morgan fingerprint density at radius 1 is 1.15 bits per heavy atom. The molecule has 3 N–H and O–H groups in total. The second-order valence-electron chi connectivity index (χ2n) is 6.23. The maximum Gasteiger partial charge on any atom is 0.333 e. The molecule has 4 rings (SSSR count). The topological polar surface area (TPSA) is 136 Å². The van der Waals surface area contributed by atoms with Crippen molar-refractivity contribution < 1.29 is 20.1 Å². The van der Waals surface area contributed by atoms with Crippen LogP contribution in [0.2, 0.25) is 5.02 Å². The molecule has 0 unspecified atom stereocenters. The Kier molecular flexibility index (Phi) is 4.44. The lowest BCUT2D eigenvalue weighted by Gasteiger charge is -2.15. The summed E-state index contributed by atoms with van der Waals surface area (Å²) in [7, 11) is 1.50. The highest BCUT2D eigenvalue weighted by atomic mass is 35.5. The number of aliphatic hydroxyl groups excluding tert-OH is 3. The summed E-state index contributed by atoms with van der Waals surface area (Å²) in [6.45, 7) is -0.501. The third-order valence-corrected chi connectivity index (χ3v) is 4.82. The number of hydrogen-bond donors (Lipinski definition) is 3. The highest BCUT2D eigenvalue weighted by molar-refractivity contribution is 6.30. The standard InChI is InChI=1S/C16H16ClN5O5/c1-21-13-14(20-19-12(18-13)7-2-4-8(17)5-3-7)22(16(21)26)15-11(25)10(24)9(6-23)27-15/h2-5,9-11,15,23-25H,6H2,1H3/t9-,10-,11-,15-/m1/s1. The number of hydrogen-bond acceptors (Lipinski definition) is 8. The molecular formula is C16H16ClN5O5. The number of ether oxygens (including phenoxy) is 1. The van der Waals surface area contributed by atoms with Gasteiger partial charge in [-0.25, -0.2) is 14.3 Å². The van der Waals surface area contributed by atoms with Crippen LogP contribution in [0, 0.1) is 0 Å². The fraction of sp³-hybridized carbons (Fsp3) is 0.375. The minimum Gasteiger partial charge on any atom is -0.394 e. The average Bonchev–Trinajstić information content (AvgIpc) is 3.09. The first-order valence-electron chi connectivity index (χ1n) is 8.12. The fourth-order valence-electron chi connectivity index (χ4n) is 3.08. The van der Waals surface area contributed by atoms with Gasteiger partial charge in [0.05, 0.1) is 6.61 Å². The van der Waals surface area contributed by atoms with Crippen LogP contribution in [0.15, 0.2) is 29.1 Å². The van der Waals surface area contributed by atoms with E-state index in [9.17, 15) is 20.1 Å². The number of fused-ring (bicyclic) bond motifs is 1. The molecule has 1 aliphatic rings. The Bertz CT molecular complexity index is 1050. The second-order valence-corrected chi connectivity index (χ2v) is 6.67. The number of aliphatic hydroxyl groups is 3. The number of aryl methyl sites for hydroxylation is 1. The molecule has 2 aromatic heterocycles. The van der Waals surface area contributed by atoms with Gasteiger partial charge in [0, 0.05) is 17.6 Å². The first-order chi connectivity index (χ1) is 12.9. The zero-order valence-corrected chi connectivity index (χ0v) is 14.9. The molecule has 3 heterocycles. The molecule has 0 radical (unpaired) electrons. The van der Waals surface area contributed by atoms with Gasteiger partial charge in [-0.05, 0) is 24.3 Å². The maximum absolute atomic E-state index is 12.7. The van der Waals surface area contributed by atoms with Gasteiger partial charge in [-0.3, -0.25) is 4.57 Å². The van der Waals surface area contributed by atoms with Crippen molar-refractivity contribution >= 4 is 22.9 Å². The summed E-state index contributed by atoms with van der Waals surface area (Å²) in [5.41, 5.74) is 0.449. The lowest BCUT2D eigenvalue weighted by Crippen LogP contribution is -2.35. The van der Waals surface area contributed by atoms with Gasteiger partial charge < -0.3 is 20.1 Å². The summed E-state index contributed by atoms with van der Waals surface area (Å²) in [4.78, 5) is 17.1. The van der Waals surface area contributed by atoms with Gasteiger partial charge in [0.15, 0.2) is 17.7 Å². The van der Waals surface area contributed by atoms with Gasteiger partial charge in [-0.2, -0.15) is 0 Å². The first kappa shape index (κ1) is 18.0. The van der Waals surface area contributed by atoms with E-state index in [4.69, 9.17) is 16.3 Å². The first-order valence-corrected chi connectivity index (χ1v) is 8.50. The number of halogens is 1. The monoisotopic (exact) mass is 393 g/mol. The van der Waals surface area contributed by atoms with Gasteiger partial charge in [0.1, 0.15) is 18.3 Å². The van der Waals surface area contributed by atoms with E-state index in [2.05, 4.69) is 15.2 Å². The highest BCUT2D eigenvalue weighted by Gasteiger charge is 2.45. The predicted octanol–water partition coefficient (Wildman–Crippen LogP) is -0.543. The maximum atomic E-state index is 12.7. The molecule has 1 saturated heterocycles. The molecule has 0 saturated carbocycles.